The van der Waals surface area contributed by atoms with E-state index in [0.717, 1.165) is 37.1 Å². The molecule has 4 nitrogen and oxygen atoms in total. The molecule has 0 bridgehead atoms. The van der Waals surface area contributed by atoms with Crippen molar-refractivity contribution in [2.45, 2.75) is 35.7 Å². The maximum absolute atomic E-state index is 4.83. The Bertz CT molecular complexity index is 1310. The van der Waals surface area contributed by atoms with Crippen molar-refractivity contribution >= 4 is 34.4 Å². The van der Waals surface area contributed by atoms with Gasteiger partial charge in [0.15, 0.2) is 10.2 Å². The predicted molar refractivity (Wildman–Crippen MR) is 135 cm³/mol. The predicted octanol–water partition coefficient (Wildman–Crippen LogP) is 7.57. The number of hydrogen-bond donors (Lipinski definition) is 0. The third kappa shape index (κ3) is 4.28. The van der Waals surface area contributed by atoms with Crippen LogP contribution in [0, 0.1) is 0 Å². The zero-order valence-electron chi connectivity index (χ0n) is 18.0. The standard InChI is InChI=1S/C25H22N4S3/c1-25(2,3)18-11-13-19(14-12-18)29-22(21-10-7-15-30-21)27-28-23(29)32-24-26-20(16-31-24)17-8-5-4-6-9-17/h4-16H,1-3H3. The highest BCUT2D eigenvalue weighted by atomic mass is 32.2. The molecule has 0 spiro atoms. The minimum atomic E-state index is 0.106. The maximum Gasteiger partial charge on any atom is 0.203 e. The molecule has 0 aliphatic rings. The molecule has 7 heteroatoms. The van der Waals surface area contributed by atoms with E-state index in [2.05, 4.69) is 88.8 Å². The molecular weight excluding hydrogens is 453 g/mol. The van der Waals surface area contributed by atoms with E-state index < -0.39 is 0 Å². The van der Waals surface area contributed by atoms with Crippen LogP contribution >= 0.6 is 34.4 Å². The van der Waals surface area contributed by atoms with Crippen LogP contribution < -0.4 is 0 Å². The molecule has 32 heavy (non-hydrogen) atoms. The third-order valence-corrected chi connectivity index (χ3v) is 7.85. The minimum absolute atomic E-state index is 0.106. The van der Waals surface area contributed by atoms with Gasteiger partial charge in [0.25, 0.3) is 0 Å². The first-order valence-corrected chi connectivity index (χ1v) is 12.9. The monoisotopic (exact) mass is 474 g/mol. The molecule has 3 aromatic heterocycles. The van der Waals surface area contributed by atoms with Gasteiger partial charge < -0.3 is 0 Å². The summed E-state index contributed by atoms with van der Waals surface area (Å²) in [6.45, 7) is 6.68. The van der Waals surface area contributed by atoms with Gasteiger partial charge in [0.2, 0.25) is 5.16 Å². The summed E-state index contributed by atoms with van der Waals surface area (Å²) in [5.74, 6) is 0.853. The lowest BCUT2D eigenvalue weighted by molar-refractivity contribution is 0.590. The molecule has 0 saturated heterocycles. The normalized spacial score (nSPS) is 11.7. The lowest BCUT2D eigenvalue weighted by Gasteiger charge is -2.19. The molecule has 5 aromatic rings. The summed E-state index contributed by atoms with van der Waals surface area (Å²) in [6, 6.07) is 23.1. The van der Waals surface area contributed by atoms with Gasteiger partial charge in [-0.2, -0.15) is 0 Å². The topological polar surface area (TPSA) is 43.6 Å². The van der Waals surface area contributed by atoms with Crippen LogP contribution in [0.25, 0.3) is 27.6 Å². The van der Waals surface area contributed by atoms with Crippen molar-refractivity contribution in [2.24, 2.45) is 0 Å². The number of thiazole rings is 1. The highest BCUT2D eigenvalue weighted by molar-refractivity contribution is 8.00. The van der Waals surface area contributed by atoms with Gasteiger partial charge in [-0.3, -0.25) is 4.57 Å². The molecule has 0 N–H and O–H groups in total. The van der Waals surface area contributed by atoms with Crippen LogP contribution in [0.3, 0.4) is 0 Å². The highest BCUT2D eigenvalue weighted by Crippen LogP contribution is 2.36. The molecule has 0 saturated carbocycles. The van der Waals surface area contributed by atoms with Gasteiger partial charge in [0, 0.05) is 16.6 Å². The number of aromatic nitrogens is 4. The fourth-order valence-electron chi connectivity index (χ4n) is 3.37. The van der Waals surface area contributed by atoms with Gasteiger partial charge in [-0.15, -0.1) is 32.9 Å². The summed E-state index contributed by atoms with van der Waals surface area (Å²) in [6.07, 6.45) is 0. The van der Waals surface area contributed by atoms with Crippen molar-refractivity contribution < 1.29 is 0 Å². The van der Waals surface area contributed by atoms with E-state index in [-0.39, 0.29) is 5.41 Å². The SMILES string of the molecule is CC(C)(C)c1ccc(-n2c(Sc3nc(-c4ccccc4)cs3)nnc2-c2cccs2)cc1. The second-order valence-corrected chi connectivity index (χ2v) is 11.4. The largest absolute Gasteiger partial charge is 0.269 e. The smallest absolute Gasteiger partial charge is 0.203 e. The van der Waals surface area contributed by atoms with Crippen molar-refractivity contribution in [1.29, 1.82) is 0 Å². The molecule has 0 unspecified atom stereocenters. The fourth-order valence-corrected chi connectivity index (χ4v) is 5.84. The van der Waals surface area contributed by atoms with Crippen molar-refractivity contribution in [3.8, 4) is 27.6 Å². The first kappa shape index (κ1) is 21.1. The van der Waals surface area contributed by atoms with E-state index in [1.54, 1.807) is 34.4 Å². The van der Waals surface area contributed by atoms with E-state index in [9.17, 15) is 0 Å². The quantitative estimate of drug-likeness (QED) is 0.263. The van der Waals surface area contributed by atoms with Crippen molar-refractivity contribution in [3.63, 3.8) is 0 Å². The Balaban J connectivity index is 1.53. The van der Waals surface area contributed by atoms with E-state index in [1.165, 1.54) is 5.56 Å². The lowest BCUT2D eigenvalue weighted by Crippen LogP contribution is -2.11. The fraction of sp³-hybridized carbons (Fsp3) is 0.160. The van der Waals surface area contributed by atoms with Gasteiger partial charge >= 0.3 is 0 Å². The van der Waals surface area contributed by atoms with Crippen molar-refractivity contribution in [2.75, 3.05) is 0 Å². The van der Waals surface area contributed by atoms with E-state index >= 15 is 0 Å². The van der Waals surface area contributed by atoms with Gasteiger partial charge in [-0.05, 0) is 46.3 Å². The van der Waals surface area contributed by atoms with E-state index in [1.807, 2.05) is 24.3 Å². The molecule has 0 fully saturated rings. The van der Waals surface area contributed by atoms with E-state index in [4.69, 9.17) is 4.98 Å². The molecule has 3 heterocycles. The molecule has 0 aliphatic heterocycles. The Morgan fingerprint density at radius 2 is 1.62 bits per heavy atom. The van der Waals surface area contributed by atoms with Gasteiger partial charge in [-0.1, -0.05) is 69.3 Å². The third-order valence-electron chi connectivity index (χ3n) is 5.10. The second kappa shape index (κ2) is 8.65. The van der Waals surface area contributed by atoms with E-state index in [0.29, 0.717) is 0 Å². The average molecular weight is 475 g/mol. The van der Waals surface area contributed by atoms with Crippen LogP contribution in [-0.4, -0.2) is 19.7 Å². The maximum atomic E-state index is 4.83. The molecule has 0 amide bonds. The number of rotatable bonds is 5. The Kier molecular flexibility index (Phi) is 5.71. The first-order valence-electron chi connectivity index (χ1n) is 10.3. The second-order valence-electron chi connectivity index (χ2n) is 8.38. The van der Waals surface area contributed by atoms with Gasteiger partial charge in [0.1, 0.15) is 0 Å². The summed E-state index contributed by atoms with van der Waals surface area (Å²) >= 11 is 4.85. The molecule has 2 aromatic carbocycles. The minimum Gasteiger partial charge on any atom is -0.269 e. The van der Waals surface area contributed by atoms with Gasteiger partial charge in [-0.25, -0.2) is 4.98 Å². The number of thiophene rings is 1. The first-order chi connectivity index (χ1) is 15.5. The Morgan fingerprint density at radius 1 is 0.844 bits per heavy atom. The molecule has 0 atom stereocenters. The summed E-state index contributed by atoms with van der Waals surface area (Å²) in [4.78, 5) is 5.92. The molecule has 160 valence electrons. The summed E-state index contributed by atoms with van der Waals surface area (Å²) in [5.41, 5.74) is 4.56. The molecule has 0 radical (unpaired) electrons. The summed E-state index contributed by atoms with van der Waals surface area (Å²) in [5, 5.41) is 14.1. The number of benzene rings is 2. The Hall–Kier alpha value is -2.74. The van der Waals surface area contributed by atoms with Crippen molar-refractivity contribution in [3.05, 3.63) is 83.1 Å². The average Bonchev–Trinajstić information content (AvgIpc) is 3.55. The van der Waals surface area contributed by atoms with Crippen LogP contribution in [0.5, 0.6) is 0 Å². The molecule has 0 aliphatic carbocycles. The van der Waals surface area contributed by atoms with Gasteiger partial charge in [0.05, 0.1) is 10.6 Å². The Labute approximate surface area is 200 Å². The zero-order chi connectivity index (χ0) is 22.1. The van der Waals surface area contributed by atoms with Crippen LogP contribution in [0.15, 0.2) is 87.0 Å². The molecular formula is C25H22N4S3. The Morgan fingerprint density at radius 3 is 2.31 bits per heavy atom. The number of hydrogen-bond acceptors (Lipinski definition) is 6. The summed E-state index contributed by atoms with van der Waals surface area (Å²) < 4.78 is 3.08. The summed E-state index contributed by atoms with van der Waals surface area (Å²) in [7, 11) is 0. The molecule has 5 rings (SSSR count). The van der Waals surface area contributed by atoms with Crippen LogP contribution in [0.2, 0.25) is 0 Å². The lowest BCUT2D eigenvalue weighted by atomic mass is 9.87. The zero-order valence-corrected chi connectivity index (χ0v) is 20.5. The van der Waals surface area contributed by atoms with Crippen LogP contribution in [0.1, 0.15) is 26.3 Å². The van der Waals surface area contributed by atoms with Crippen LogP contribution in [-0.2, 0) is 5.41 Å². The van der Waals surface area contributed by atoms with Crippen molar-refractivity contribution in [1.82, 2.24) is 19.7 Å². The highest BCUT2D eigenvalue weighted by Gasteiger charge is 2.20. The van der Waals surface area contributed by atoms with Crippen LogP contribution in [0.4, 0.5) is 0 Å². The number of nitrogens with zero attached hydrogens (tertiary/aromatic N) is 4.